The van der Waals surface area contributed by atoms with Crippen LogP contribution >= 0.6 is 0 Å². The van der Waals surface area contributed by atoms with Gasteiger partial charge in [-0.05, 0) is 86.7 Å². The summed E-state index contributed by atoms with van der Waals surface area (Å²) in [5, 5.41) is 5.77. The quantitative estimate of drug-likeness (QED) is 0.286. The summed E-state index contributed by atoms with van der Waals surface area (Å²) >= 11 is 0. The predicted octanol–water partition coefficient (Wildman–Crippen LogP) is 6.52. The van der Waals surface area contributed by atoms with Crippen LogP contribution in [-0.2, 0) is 12.8 Å². The Labute approximate surface area is 141 Å². The van der Waals surface area contributed by atoms with E-state index in [0.717, 1.165) is 0 Å². The average molecular weight is 306 g/mol. The van der Waals surface area contributed by atoms with Crippen LogP contribution < -0.4 is 0 Å². The molecule has 0 aromatic heterocycles. The zero-order chi connectivity index (χ0) is 15.7. The van der Waals surface area contributed by atoms with E-state index >= 15 is 0 Å². The number of rotatable bonds is 0. The Morgan fingerprint density at radius 2 is 1.42 bits per heavy atom. The Balaban J connectivity index is 1.92. The summed E-state index contributed by atoms with van der Waals surface area (Å²) in [6, 6.07) is 22.8. The molecule has 2 aliphatic rings. The van der Waals surface area contributed by atoms with E-state index in [-0.39, 0.29) is 0 Å². The first kappa shape index (κ1) is 12.8. The van der Waals surface area contributed by atoms with Crippen molar-refractivity contribution in [3.8, 4) is 22.3 Å². The fourth-order valence-corrected chi connectivity index (χ4v) is 4.94. The van der Waals surface area contributed by atoms with Gasteiger partial charge in [-0.15, -0.1) is 0 Å². The SMILES string of the molecule is c1ccc2c(c1)-c1cc3c(c4cc5ccccc5c-2c14)CCCC3. The Kier molecular flexibility index (Phi) is 2.38. The molecule has 0 heteroatoms. The molecule has 114 valence electrons. The third-order valence-corrected chi connectivity index (χ3v) is 5.96. The molecule has 0 nitrogen and oxygen atoms in total. The molecule has 0 fully saturated rings. The van der Waals surface area contributed by atoms with Gasteiger partial charge in [-0.3, -0.25) is 0 Å². The van der Waals surface area contributed by atoms with Crippen LogP contribution in [0.3, 0.4) is 0 Å². The average Bonchev–Trinajstić information content (AvgIpc) is 2.98. The van der Waals surface area contributed by atoms with E-state index in [1.54, 1.807) is 11.1 Å². The lowest BCUT2D eigenvalue weighted by Gasteiger charge is -2.20. The summed E-state index contributed by atoms with van der Waals surface area (Å²) in [5.41, 5.74) is 8.95. The van der Waals surface area contributed by atoms with E-state index in [9.17, 15) is 0 Å². The zero-order valence-electron chi connectivity index (χ0n) is 13.6. The third-order valence-electron chi connectivity index (χ3n) is 5.96. The minimum absolute atomic E-state index is 1.24. The van der Waals surface area contributed by atoms with Crippen LogP contribution in [0.2, 0.25) is 0 Å². The van der Waals surface area contributed by atoms with Gasteiger partial charge in [-0.25, -0.2) is 0 Å². The monoisotopic (exact) mass is 306 g/mol. The summed E-state index contributed by atoms with van der Waals surface area (Å²) in [6.45, 7) is 0. The molecule has 0 bridgehead atoms. The van der Waals surface area contributed by atoms with Crippen molar-refractivity contribution in [1.82, 2.24) is 0 Å². The fourth-order valence-electron chi connectivity index (χ4n) is 4.94. The first-order valence-corrected chi connectivity index (χ1v) is 9.02. The lowest BCUT2D eigenvalue weighted by Crippen LogP contribution is -2.03. The van der Waals surface area contributed by atoms with Crippen LogP contribution in [-0.4, -0.2) is 0 Å². The van der Waals surface area contributed by atoms with Crippen molar-refractivity contribution in [2.24, 2.45) is 0 Å². The number of hydrogen-bond donors (Lipinski definition) is 0. The molecule has 6 rings (SSSR count). The van der Waals surface area contributed by atoms with Crippen LogP contribution in [0.5, 0.6) is 0 Å². The normalized spacial score (nSPS) is 14.8. The minimum atomic E-state index is 1.24. The summed E-state index contributed by atoms with van der Waals surface area (Å²) in [6.07, 6.45) is 5.14. The number of aryl methyl sites for hydroxylation is 2. The van der Waals surface area contributed by atoms with Gasteiger partial charge in [0, 0.05) is 0 Å². The molecule has 4 aromatic carbocycles. The fraction of sp³-hybridized carbons (Fsp3) is 0.167. The Morgan fingerprint density at radius 3 is 2.38 bits per heavy atom. The molecule has 0 atom stereocenters. The number of benzene rings is 4. The van der Waals surface area contributed by atoms with Gasteiger partial charge >= 0.3 is 0 Å². The van der Waals surface area contributed by atoms with Crippen molar-refractivity contribution in [1.29, 1.82) is 0 Å². The molecule has 0 N–H and O–H groups in total. The number of fused-ring (bicyclic) bond motifs is 7. The molecule has 0 aliphatic heterocycles. The van der Waals surface area contributed by atoms with E-state index in [2.05, 4.69) is 60.7 Å². The second kappa shape index (κ2) is 4.48. The summed E-state index contributed by atoms with van der Waals surface area (Å²) in [7, 11) is 0. The van der Waals surface area contributed by atoms with Crippen LogP contribution in [0.25, 0.3) is 43.8 Å². The largest absolute Gasteiger partial charge is 0.0616 e. The molecule has 0 heterocycles. The van der Waals surface area contributed by atoms with E-state index in [0.29, 0.717) is 0 Å². The summed E-state index contributed by atoms with van der Waals surface area (Å²) in [4.78, 5) is 0. The van der Waals surface area contributed by atoms with Gasteiger partial charge in [-0.1, -0.05) is 54.6 Å². The van der Waals surface area contributed by atoms with Crippen LogP contribution in [0.1, 0.15) is 24.0 Å². The van der Waals surface area contributed by atoms with Crippen molar-refractivity contribution in [2.45, 2.75) is 25.7 Å². The second-order valence-electron chi connectivity index (χ2n) is 7.21. The van der Waals surface area contributed by atoms with Gasteiger partial charge in [0.1, 0.15) is 0 Å². The maximum absolute atomic E-state index is 2.50. The molecule has 24 heavy (non-hydrogen) atoms. The standard InChI is InChI=1S/C24H18/c1-3-9-17-15(7-1)13-22-19-11-5-6-12-20(19)23-18-10-4-2-8-16(18)14-21(17)24(22)23/h2,4-6,8,10-14H,1,3,7,9H2. The lowest BCUT2D eigenvalue weighted by molar-refractivity contribution is 0.690. The molecule has 0 radical (unpaired) electrons. The smallest absolute Gasteiger partial charge is 0.00142 e. The van der Waals surface area contributed by atoms with Crippen molar-refractivity contribution >= 4 is 21.5 Å². The van der Waals surface area contributed by atoms with Gasteiger partial charge in [-0.2, -0.15) is 0 Å². The Morgan fingerprint density at radius 1 is 0.625 bits per heavy atom. The predicted molar refractivity (Wildman–Crippen MR) is 103 cm³/mol. The highest BCUT2D eigenvalue weighted by molar-refractivity contribution is 6.24. The second-order valence-corrected chi connectivity index (χ2v) is 7.21. The maximum Gasteiger partial charge on any atom is -0.00142 e. The van der Waals surface area contributed by atoms with E-state index in [1.165, 1.54) is 69.5 Å². The van der Waals surface area contributed by atoms with Crippen molar-refractivity contribution in [3.05, 3.63) is 71.8 Å². The first-order valence-electron chi connectivity index (χ1n) is 9.02. The third kappa shape index (κ3) is 1.49. The van der Waals surface area contributed by atoms with E-state index in [1.807, 2.05) is 0 Å². The molecule has 0 saturated heterocycles. The highest BCUT2D eigenvalue weighted by Crippen LogP contribution is 2.52. The van der Waals surface area contributed by atoms with Gasteiger partial charge in [0.05, 0.1) is 0 Å². The summed E-state index contributed by atoms with van der Waals surface area (Å²) < 4.78 is 0. The van der Waals surface area contributed by atoms with Crippen molar-refractivity contribution in [2.75, 3.05) is 0 Å². The molecule has 0 amide bonds. The number of hydrogen-bond acceptors (Lipinski definition) is 0. The van der Waals surface area contributed by atoms with E-state index in [4.69, 9.17) is 0 Å². The molecule has 2 aliphatic carbocycles. The first-order chi connectivity index (χ1) is 11.9. The minimum Gasteiger partial charge on any atom is -0.0616 e. The lowest BCUT2D eigenvalue weighted by atomic mass is 9.84. The topological polar surface area (TPSA) is 0 Å². The summed E-state index contributed by atoms with van der Waals surface area (Å²) in [5.74, 6) is 0. The van der Waals surface area contributed by atoms with E-state index < -0.39 is 0 Å². The maximum atomic E-state index is 2.50. The molecule has 0 spiro atoms. The van der Waals surface area contributed by atoms with Gasteiger partial charge in [0.15, 0.2) is 0 Å². The Hall–Kier alpha value is -2.60. The zero-order valence-corrected chi connectivity index (χ0v) is 13.6. The van der Waals surface area contributed by atoms with Gasteiger partial charge in [0.2, 0.25) is 0 Å². The molecule has 0 unspecified atom stereocenters. The Bertz CT molecular complexity index is 1150. The van der Waals surface area contributed by atoms with Gasteiger partial charge < -0.3 is 0 Å². The molecular weight excluding hydrogens is 288 g/mol. The van der Waals surface area contributed by atoms with Gasteiger partial charge in [0.25, 0.3) is 0 Å². The molecular formula is C24H18. The van der Waals surface area contributed by atoms with Crippen LogP contribution in [0.15, 0.2) is 60.7 Å². The highest BCUT2D eigenvalue weighted by Gasteiger charge is 2.26. The van der Waals surface area contributed by atoms with Crippen LogP contribution in [0.4, 0.5) is 0 Å². The van der Waals surface area contributed by atoms with Crippen molar-refractivity contribution < 1.29 is 0 Å². The van der Waals surface area contributed by atoms with Crippen LogP contribution in [0, 0.1) is 0 Å². The van der Waals surface area contributed by atoms with Crippen molar-refractivity contribution in [3.63, 3.8) is 0 Å². The highest BCUT2D eigenvalue weighted by atomic mass is 14.3. The molecule has 0 saturated carbocycles. The molecule has 4 aromatic rings.